The number of nitrogen functional groups attached to an aromatic ring is 1. The van der Waals surface area contributed by atoms with Gasteiger partial charge in [0.05, 0.1) is 12.7 Å². The number of aromatic nitrogens is 2. The Balaban J connectivity index is 2.24. The second-order valence-electron chi connectivity index (χ2n) is 6.17. The normalized spacial score (nSPS) is 27.8. The maximum Gasteiger partial charge on any atom is 0.490 e. The van der Waals surface area contributed by atoms with Crippen LogP contribution in [0.1, 0.15) is 6.23 Å². The molecule has 1 aromatic heterocycles. The molecule has 23 heteroatoms. The van der Waals surface area contributed by atoms with Crippen molar-refractivity contribution in [2.75, 3.05) is 12.3 Å². The summed E-state index contributed by atoms with van der Waals surface area (Å²) in [6.07, 6.45) is -11.6. The van der Waals surface area contributed by atoms with Crippen molar-refractivity contribution >= 4 is 41.5 Å². The number of phosphoric ester groups is 1. The van der Waals surface area contributed by atoms with Crippen LogP contribution in [0.2, 0.25) is 0 Å². The first kappa shape index (κ1) is 28.4. The molecule has 0 bridgehead atoms. The summed E-state index contributed by atoms with van der Waals surface area (Å²) in [7, 11) is -17.3. The van der Waals surface area contributed by atoms with Crippen LogP contribution in [0.4, 0.5) is 23.4 Å². The fraction of sp³-hybridized carbons (Fsp3) is 0.600. The van der Waals surface area contributed by atoms with Gasteiger partial charge in [-0.1, -0.05) is 0 Å². The largest absolute Gasteiger partial charge is 0.490 e. The minimum atomic E-state index is -5.89. The quantitative estimate of drug-likeness (QED) is 0.146. The average Bonchev–Trinajstić information content (AvgIpc) is 2.89. The number of hydrogen-bond donors (Lipinski definition) is 6. The molecule has 0 spiro atoms. The van der Waals surface area contributed by atoms with Crippen LogP contribution in [0.25, 0.3) is 0 Å². The van der Waals surface area contributed by atoms with E-state index in [0.29, 0.717) is 10.8 Å². The third-order valence-electron chi connectivity index (χ3n) is 3.77. The van der Waals surface area contributed by atoms with Gasteiger partial charge in [0.1, 0.15) is 12.0 Å². The minimum absolute atomic E-state index is 0.382. The minimum Gasteiger partial charge on any atom is -0.389 e. The Kier molecular flexibility index (Phi) is 8.31. The van der Waals surface area contributed by atoms with Gasteiger partial charge in [-0.2, -0.15) is 26.8 Å². The first-order valence-electron chi connectivity index (χ1n) is 7.95. The van der Waals surface area contributed by atoms with Crippen LogP contribution in [-0.4, -0.2) is 59.2 Å². The van der Waals surface area contributed by atoms with Gasteiger partial charge in [0.15, 0.2) is 17.9 Å². The summed E-state index contributed by atoms with van der Waals surface area (Å²) < 4.78 is 104. The van der Waals surface area contributed by atoms with Crippen LogP contribution >= 0.6 is 35.7 Å². The van der Waals surface area contributed by atoms with Crippen LogP contribution in [0, 0.1) is 16.5 Å². The van der Waals surface area contributed by atoms with Gasteiger partial charge in [0.25, 0.3) is 0 Å². The molecule has 3 unspecified atom stereocenters. The molecular formula is C10H14F4N3O12P3S. The molecule has 15 nitrogen and oxygen atoms in total. The lowest BCUT2D eigenvalue weighted by molar-refractivity contribution is -0.211. The smallest absolute Gasteiger partial charge is 0.389 e. The summed E-state index contributed by atoms with van der Waals surface area (Å²) in [5.74, 6) is -4.80. The molecule has 0 aliphatic carbocycles. The first-order chi connectivity index (χ1) is 14.7. The summed E-state index contributed by atoms with van der Waals surface area (Å²) in [4.78, 5) is 38.7. The number of aliphatic hydroxyl groups is 1. The van der Waals surface area contributed by atoms with Crippen LogP contribution < -0.4 is 5.73 Å². The van der Waals surface area contributed by atoms with E-state index in [-0.39, 0.29) is 0 Å². The number of alkyl halides is 3. The summed E-state index contributed by atoms with van der Waals surface area (Å²) in [5.41, 5.74) is 5.17. The zero-order valence-electron chi connectivity index (χ0n) is 15.4. The van der Waals surface area contributed by atoms with Gasteiger partial charge in [-0.15, -0.1) is 0 Å². The number of nitrogens with two attached hydrogens (primary N) is 1. The van der Waals surface area contributed by atoms with Crippen LogP contribution in [0.3, 0.4) is 0 Å². The van der Waals surface area contributed by atoms with Crippen molar-refractivity contribution in [3.05, 3.63) is 16.8 Å². The Labute approximate surface area is 185 Å². The average molecular weight is 569 g/mol. The zero-order chi connectivity index (χ0) is 25.6. The molecule has 1 saturated heterocycles. The van der Waals surface area contributed by atoms with Crippen molar-refractivity contribution in [1.82, 2.24) is 9.55 Å². The highest BCUT2D eigenvalue weighted by Gasteiger charge is 2.58. The number of hydrogen-bond acceptors (Lipinski definition) is 11. The molecule has 0 saturated carbocycles. The predicted octanol–water partition coefficient (Wildman–Crippen LogP) is 1.11. The van der Waals surface area contributed by atoms with E-state index in [4.69, 9.17) is 37.4 Å². The molecule has 190 valence electrons. The van der Waals surface area contributed by atoms with E-state index in [1.807, 2.05) is 0 Å². The van der Waals surface area contributed by atoms with Crippen LogP contribution in [-0.2, 0) is 31.6 Å². The van der Waals surface area contributed by atoms with Gasteiger partial charge in [-0.05, 0) is 12.2 Å². The van der Waals surface area contributed by atoms with Crippen molar-refractivity contribution in [2.24, 2.45) is 5.92 Å². The zero-order valence-corrected chi connectivity index (χ0v) is 18.9. The number of halogens is 4. The second-order valence-corrected chi connectivity index (χ2v) is 11.0. The van der Waals surface area contributed by atoms with Crippen molar-refractivity contribution in [2.45, 2.75) is 24.6 Å². The molecule has 0 amide bonds. The fourth-order valence-electron chi connectivity index (χ4n) is 2.59. The van der Waals surface area contributed by atoms with E-state index in [1.165, 1.54) is 0 Å². The molecular weight excluding hydrogens is 555 g/mol. The van der Waals surface area contributed by atoms with Gasteiger partial charge in [-0.25, -0.2) is 18.1 Å². The molecule has 1 fully saturated rings. The van der Waals surface area contributed by atoms with E-state index in [0.717, 1.165) is 0 Å². The number of anilines is 1. The number of ether oxygens (including phenoxy) is 1. The SMILES string of the molecule is Nc1nc(=S)n([C@@H]2O[C@H](COP(=O)(O)OP(=O)(O)OP(=O)(O)O)C(O)[C@@H]2C(F)(F)F)cc1F. The van der Waals surface area contributed by atoms with Crippen LogP contribution in [0.5, 0.6) is 0 Å². The Bertz CT molecular complexity index is 1100. The molecule has 1 aliphatic rings. The highest BCUT2D eigenvalue weighted by atomic mass is 32.1. The molecule has 33 heavy (non-hydrogen) atoms. The number of phosphoric acid groups is 3. The number of rotatable bonds is 8. The molecule has 0 radical (unpaired) electrons. The lowest BCUT2D eigenvalue weighted by Crippen LogP contribution is -2.39. The number of nitrogens with zero attached hydrogens (tertiary/aromatic N) is 2. The Hall–Kier alpha value is -0.850. The summed E-state index contributed by atoms with van der Waals surface area (Å²) >= 11 is 4.72. The van der Waals surface area contributed by atoms with Crippen molar-refractivity contribution in [3.63, 3.8) is 0 Å². The molecule has 1 aliphatic heterocycles. The first-order valence-corrected chi connectivity index (χ1v) is 12.9. The molecule has 1 aromatic rings. The fourth-order valence-corrected chi connectivity index (χ4v) is 5.87. The molecule has 2 rings (SSSR count). The van der Waals surface area contributed by atoms with Gasteiger partial charge >= 0.3 is 29.6 Å². The lowest BCUT2D eigenvalue weighted by atomic mass is 9.99. The summed E-state index contributed by atoms with van der Waals surface area (Å²) in [5, 5.41) is 10.1. The van der Waals surface area contributed by atoms with Gasteiger partial charge in [0, 0.05) is 6.20 Å². The molecule has 7 N–H and O–H groups in total. The number of aliphatic hydroxyl groups excluding tert-OH is 1. The monoisotopic (exact) mass is 569 g/mol. The second kappa shape index (κ2) is 9.66. The van der Waals surface area contributed by atoms with E-state index >= 15 is 0 Å². The maximum atomic E-state index is 13.7. The highest BCUT2D eigenvalue weighted by molar-refractivity contribution is 7.71. The van der Waals surface area contributed by atoms with E-state index in [1.54, 1.807) is 0 Å². The van der Waals surface area contributed by atoms with Gasteiger partial charge in [0.2, 0.25) is 4.77 Å². The molecule has 2 heterocycles. The van der Waals surface area contributed by atoms with Gasteiger partial charge in [-0.3, -0.25) is 9.09 Å². The molecule has 0 aromatic carbocycles. The van der Waals surface area contributed by atoms with Crippen molar-refractivity contribution < 1.29 is 73.8 Å². The predicted molar refractivity (Wildman–Crippen MR) is 96.7 cm³/mol. The summed E-state index contributed by atoms with van der Waals surface area (Å²) in [6, 6.07) is 0. The standard InChI is InChI=1S/C10H14F4N3O12P3S/c11-3-1-17(9(33)16-7(3)15)8-5(10(12,13)14)6(18)4(27-8)2-26-31(22,23)29-32(24,25)28-30(19,20)21/h1,4-6,8,18H,2H2,(H,22,23)(H,24,25)(H2,15,16,33)(H2,19,20,21)/t4-,5+,6?,8-/m1/s1. The van der Waals surface area contributed by atoms with Gasteiger partial charge < -0.3 is 35.2 Å². The van der Waals surface area contributed by atoms with Crippen molar-refractivity contribution in [3.8, 4) is 0 Å². The van der Waals surface area contributed by atoms with E-state index in [9.17, 15) is 41.3 Å². The Morgan fingerprint density at radius 3 is 2.27 bits per heavy atom. The Morgan fingerprint density at radius 2 is 1.76 bits per heavy atom. The lowest BCUT2D eigenvalue weighted by Gasteiger charge is -2.24. The van der Waals surface area contributed by atoms with Crippen molar-refractivity contribution in [1.29, 1.82) is 0 Å². The molecule has 6 atom stereocenters. The highest BCUT2D eigenvalue weighted by Crippen LogP contribution is 2.66. The van der Waals surface area contributed by atoms with E-state index in [2.05, 4.69) is 18.1 Å². The third-order valence-corrected chi connectivity index (χ3v) is 7.88. The topological polar surface area (TPSA) is 233 Å². The third kappa shape index (κ3) is 7.57. The maximum absolute atomic E-state index is 13.7. The Morgan fingerprint density at radius 1 is 1.18 bits per heavy atom. The van der Waals surface area contributed by atoms with E-state index < -0.39 is 77.0 Å². The summed E-state index contributed by atoms with van der Waals surface area (Å²) in [6.45, 7) is -1.40. The van der Waals surface area contributed by atoms with Crippen LogP contribution in [0.15, 0.2) is 6.20 Å².